The molecule has 1 aromatic rings. The van der Waals surface area contributed by atoms with E-state index in [4.69, 9.17) is 9.47 Å². The van der Waals surface area contributed by atoms with Crippen molar-refractivity contribution in [3.8, 4) is 0 Å². The molecule has 6 heteroatoms. The standard InChI is InChI=1S/C19H28N2O3S/c1-13-2-3-15(25-13)12-21-7-4-17-16(21)10-18(24-17)19(22)20-11-14-5-8-23-9-6-14/h2-3,14,16-18H,4-12H2,1H3,(H,20,22)/t16-,17-,18+/m1/s1. The Hall–Kier alpha value is -0.950. The minimum Gasteiger partial charge on any atom is -0.381 e. The highest BCUT2D eigenvalue weighted by molar-refractivity contribution is 7.11. The molecule has 0 aromatic carbocycles. The second-order valence-electron chi connectivity index (χ2n) is 7.54. The number of nitrogens with one attached hydrogen (secondary N) is 1. The van der Waals surface area contributed by atoms with Gasteiger partial charge in [-0.25, -0.2) is 0 Å². The Bertz CT molecular complexity index is 599. The van der Waals surface area contributed by atoms with Gasteiger partial charge >= 0.3 is 0 Å². The highest BCUT2D eigenvalue weighted by Gasteiger charge is 2.45. The normalized spacial score (nSPS) is 30.5. The maximum Gasteiger partial charge on any atom is 0.249 e. The number of carbonyl (C=O) groups is 1. The summed E-state index contributed by atoms with van der Waals surface area (Å²) in [5, 5.41) is 3.12. The van der Waals surface area contributed by atoms with Crippen LogP contribution in [-0.4, -0.2) is 55.4 Å². The zero-order valence-corrected chi connectivity index (χ0v) is 15.7. The van der Waals surface area contributed by atoms with E-state index in [1.54, 1.807) is 0 Å². The molecule has 1 N–H and O–H groups in total. The molecule has 0 unspecified atom stereocenters. The third-order valence-electron chi connectivity index (χ3n) is 5.75. The summed E-state index contributed by atoms with van der Waals surface area (Å²) in [5.41, 5.74) is 0. The lowest BCUT2D eigenvalue weighted by atomic mass is 10.0. The number of thiophene rings is 1. The van der Waals surface area contributed by atoms with E-state index in [-0.39, 0.29) is 18.1 Å². The molecule has 0 aliphatic carbocycles. The van der Waals surface area contributed by atoms with Crippen molar-refractivity contribution >= 4 is 17.2 Å². The van der Waals surface area contributed by atoms with Crippen molar-refractivity contribution < 1.29 is 14.3 Å². The van der Waals surface area contributed by atoms with E-state index in [0.717, 1.165) is 58.5 Å². The number of hydrogen-bond acceptors (Lipinski definition) is 5. The predicted molar refractivity (Wildman–Crippen MR) is 97.7 cm³/mol. The van der Waals surface area contributed by atoms with Crippen LogP contribution >= 0.6 is 11.3 Å². The summed E-state index contributed by atoms with van der Waals surface area (Å²) in [7, 11) is 0. The monoisotopic (exact) mass is 364 g/mol. The summed E-state index contributed by atoms with van der Waals surface area (Å²) in [4.78, 5) is 17.8. The third-order valence-corrected chi connectivity index (χ3v) is 6.73. The molecule has 3 fully saturated rings. The maximum absolute atomic E-state index is 12.5. The quantitative estimate of drug-likeness (QED) is 0.871. The average molecular weight is 365 g/mol. The molecule has 5 nitrogen and oxygen atoms in total. The van der Waals surface area contributed by atoms with Crippen molar-refractivity contribution in [1.82, 2.24) is 10.2 Å². The molecule has 4 heterocycles. The summed E-state index contributed by atoms with van der Waals surface area (Å²) in [6.07, 6.45) is 3.91. The number of amides is 1. The molecule has 0 radical (unpaired) electrons. The summed E-state index contributed by atoms with van der Waals surface area (Å²) in [6.45, 7) is 6.61. The minimum atomic E-state index is -0.275. The molecule has 0 saturated carbocycles. The van der Waals surface area contributed by atoms with E-state index in [9.17, 15) is 4.79 Å². The number of ether oxygens (including phenoxy) is 2. The fraction of sp³-hybridized carbons (Fsp3) is 0.737. The molecule has 1 amide bonds. The fourth-order valence-electron chi connectivity index (χ4n) is 4.28. The number of nitrogens with zero attached hydrogens (tertiary/aromatic N) is 1. The Morgan fingerprint density at radius 3 is 2.92 bits per heavy atom. The summed E-state index contributed by atoms with van der Waals surface area (Å²) in [5.74, 6) is 0.630. The first-order valence-electron chi connectivity index (χ1n) is 9.49. The van der Waals surface area contributed by atoms with Crippen LogP contribution in [0.1, 0.15) is 35.4 Å². The van der Waals surface area contributed by atoms with Gasteiger partial charge in [0.25, 0.3) is 0 Å². The van der Waals surface area contributed by atoms with Crippen LogP contribution in [0.4, 0.5) is 0 Å². The topological polar surface area (TPSA) is 50.8 Å². The molecule has 0 bridgehead atoms. The van der Waals surface area contributed by atoms with Crippen LogP contribution in [0.5, 0.6) is 0 Å². The number of likely N-dealkylation sites (tertiary alicyclic amines) is 1. The third kappa shape index (κ3) is 4.08. The van der Waals surface area contributed by atoms with Gasteiger partial charge in [-0.2, -0.15) is 0 Å². The van der Waals surface area contributed by atoms with Crippen molar-refractivity contribution in [2.24, 2.45) is 5.92 Å². The van der Waals surface area contributed by atoms with Gasteiger partial charge < -0.3 is 14.8 Å². The van der Waals surface area contributed by atoms with Crippen molar-refractivity contribution in [3.63, 3.8) is 0 Å². The Morgan fingerprint density at radius 2 is 2.16 bits per heavy atom. The Morgan fingerprint density at radius 1 is 1.32 bits per heavy atom. The average Bonchev–Trinajstić information content (AvgIpc) is 3.31. The molecule has 3 aliphatic heterocycles. The number of rotatable bonds is 5. The molecule has 1 aromatic heterocycles. The van der Waals surface area contributed by atoms with E-state index in [0.29, 0.717) is 12.0 Å². The molecule has 4 rings (SSSR count). The molecule has 3 saturated heterocycles. The van der Waals surface area contributed by atoms with Gasteiger partial charge in [-0.05, 0) is 44.2 Å². The van der Waals surface area contributed by atoms with Gasteiger partial charge in [0.2, 0.25) is 5.91 Å². The SMILES string of the molecule is Cc1ccc(CN2CC[C@H]3O[C@H](C(=O)NCC4CCOCC4)C[C@H]32)s1. The smallest absolute Gasteiger partial charge is 0.249 e. The number of hydrogen-bond donors (Lipinski definition) is 1. The summed E-state index contributed by atoms with van der Waals surface area (Å²) >= 11 is 1.87. The first-order chi connectivity index (χ1) is 12.2. The summed E-state index contributed by atoms with van der Waals surface area (Å²) < 4.78 is 11.5. The molecule has 138 valence electrons. The van der Waals surface area contributed by atoms with Gasteiger partial charge in [0.05, 0.1) is 6.10 Å². The van der Waals surface area contributed by atoms with Crippen LogP contribution in [-0.2, 0) is 20.8 Å². The lowest BCUT2D eigenvalue weighted by Gasteiger charge is -2.23. The Labute approximate surface area is 153 Å². The van der Waals surface area contributed by atoms with Gasteiger partial charge in [-0.1, -0.05) is 0 Å². The number of carbonyl (C=O) groups excluding carboxylic acids is 1. The molecule has 3 atom stereocenters. The zero-order valence-electron chi connectivity index (χ0n) is 14.9. The number of fused-ring (bicyclic) bond motifs is 1. The predicted octanol–water partition coefficient (Wildman–Crippen LogP) is 2.33. The van der Waals surface area contributed by atoms with Gasteiger partial charge in [0.15, 0.2) is 0 Å². The van der Waals surface area contributed by atoms with Crippen LogP contribution in [0.2, 0.25) is 0 Å². The van der Waals surface area contributed by atoms with Gasteiger partial charge in [-0.15, -0.1) is 11.3 Å². The highest BCUT2D eigenvalue weighted by Crippen LogP contribution is 2.34. The number of aryl methyl sites for hydroxylation is 1. The first-order valence-corrected chi connectivity index (χ1v) is 10.3. The zero-order chi connectivity index (χ0) is 17.2. The van der Waals surface area contributed by atoms with Crippen molar-refractivity contribution in [3.05, 3.63) is 21.9 Å². The molecular weight excluding hydrogens is 336 g/mol. The van der Waals surface area contributed by atoms with Crippen LogP contribution in [0.15, 0.2) is 12.1 Å². The van der Waals surface area contributed by atoms with E-state index >= 15 is 0 Å². The van der Waals surface area contributed by atoms with E-state index in [1.165, 1.54) is 9.75 Å². The van der Waals surface area contributed by atoms with Crippen LogP contribution in [0.3, 0.4) is 0 Å². The highest BCUT2D eigenvalue weighted by atomic mass is 32.1. The molecule has 0 spiro atoms. The van der Waals surface area contributed by atoms with Gasteiger partial charge in [0, 0.05) is 55.1 Å². The Balaban J connectivity index is 1.27. The maximum atomic E-state index is 12.5. The van der Waals surface area contributed by atoms with Crippen molar-refractivity contribution in [2.75, 3.05) is 26.3 Å². The largest absolute Gasteiger partial charge is 0.381 e. The second kappa shape index (κ2) is 7.74. The lowest BCUT2D eigenvalue weighted by Crippen LogP contribution is -2.39. The van der Waals surface area contributed by atoms with Crippen molar-refractivity contribution in [1.29, 1.82) is 0 Å². The van der Waals surface area contributed by atoms with Crippen LogP contribution < -0.4 is 5.32 Å². The summed E-state index contributed by atoms with van der Waals surface area (Å²) in [6, 6.07) is 4.80. The van der Waals surface area contributed by atoms with E-state index in [1.807, 2.05) is 11.3 Å². The Kier molecular flexibility index (Phi) is 5.41. The molecule has 3 aliphatic rings. The lowest BCUT2D eigenvalue weighted by molar-refractivity contribution is -0.132. The molecular formula is C19H28N2O3S. The molecule has 25 heavy (non-hydrogen) atoms. The van der Waals surface area contributed by atoms with Gasteiger partial charge in [-0.3, -0.25) is 9.69 Å². The van der Waals surface area contributed by atoms with E-state index < -0.39 is 0 Å². The minimum absolute atomic E-state index is 0.0767. The fourth-order valence-corrected chi connectivity index (χ4v) is 5.19. The van der Waals surface area contributed by atoms with Gasteiger partial charge in [0.1, 0.15) is 6.10 Å². The van der Waals surface area contributed by atoms with E-state index in [2.05, 4.69) is 29.3 Å². The van der Waals surface area contributed by atoms with Crippen LogP contribution in [0, 0.1) is 12.8 Å². The first kappa shape index (κ1) is 17.5. The second-order valence-corrected chi connectivity index (χ2v) is 8.91. The van der Waals surface area contributed by atoms with Crippen LogP contribution in [0.25, 0.3) is 0 Å². The van der Waals surface area contributed by atoms with Crippen molar-refractivity contribution in [2.45, 2.75) is 57.4 Å².